The first-order valence-corrected chi connectivity index (χ1v) is 4.27. The number of nitrogens with zero attached hydrogens (tertiary/aromatic N) is 1. The van der Waals surface area contributed by atoms with E-state index in [-0.39, 0.29) is 5.60 Å². The van der Waals surface area contributed by atoms with Crippen LogP contribution in [0.3, 0.4) is 0 Å². The predicted molar refractivity (Wildman–Crippen MR) is 45.4 cm³/mol. The smallest absolute Gasteiger partial charge is 0.0774 e. The maximum Gasteiger partial charge on any atom is 0.0774 e. The fourth-order valence-electron chi connectivity index (χ4n) is 1.54. The Bertz CT molecular complexity index is 123. The maximum absolute atomic E-state index is 9.72. The van der Waals surface area contributed by atoms with Crippen molar-refractivity contribution in [3.63, 3.8) is 0 Å². The monoisotopic (exact) mass is 158 g/mol. The van der Waals surface area contributed by atoms with Crippen LogP contribution in [-0.2, 0) is 0 Å². The van der Waals surface area contributed by atoms with Gasteiger partial charge in [-0.15, -0.1) is 0 Å². The molecule has 3 N–H and O–H groups in total. The van der Waals surface area contributed by atoms with Crippen LogP contribution in [0.2, 0.25) is 0 Å². The maximum atomic E-state index is 9.72. The van der Waals surface area contributed by atoms with Gasteiger partial charge in [-0.1, -0.05) is 0 Å². The number of aliphatic hydroxyl groups is 1. The Morgan fingerprint density at radius 3 is 2.55 bits per heavy atom. The minimum Gasteiger partial charge on any atom is -0.389 e. The SMILES string of the molecule is CN(CCN)CC1(O)CCC1. The van der Waals surface area contributed by atoms with E-state index in [2.05, 4.69) is 4.90 Å². The number of hydrogen-bond donors (Lipinski definition) is 2. The summed E-state index contributed by atoms with van der Waals surface area (Å²) < 4.78 is 0. The first kappa shape index (κ1) is 8.97. The minimum atomic E-state index is -0.385. The number of likely N-dealkylation sites (N-methyl/N-ethyl adjacent to an activating group) is 1. The molecule has 0 bridgehead atoms. The third-order valence-corrected chi connectivity index (χ3v) is 2.36. The molecular weight excluding hydrogens is 140 g/mol. The van der Waals surface area contributed by atoms with Crippen molar-refractivity contribution in [3.8, 4) is 0 Å². The van der Waals surface area contributed by atoms with Crippen LogP contribution in [0.4, 0.5) is 0 Å². The van der Waals surface area contributed by atoms with Gasteiger partial charge in [-0.3, -0.25) is 0 Å². The van der Waals surface area contributed by atoms with Crippen molar-refractivity contribution >= 4 is 0 Å². The van der Waals surface area contributed by atoms with E-state index >= 15 is 0 Å². The number of rotatable bonds is 4. The molecular formula is C8H18N2O. The third-order valence-electron chi connectivity index (χ3n) is 2.36. The Kier molecular flexibility index (Phi) is 2.87. The van der Waals surface area contributed by atoms with Crippen molar-refractivity contribution < 1.29 is 5.11 Å². The molecule has 1 rings (SSSR count). The Balaban J connectivity index is 2.18. The molecule has 11 heavy (non-hydrogen) atoms. The lowest BCUT2D eigenvalue weighted by Gasteiger charge is -2.39. The first-order chi connectivity index (χ1) is 5.16. The summed E-state index contributed by atoms with van der Waals surface area (Å²) in [5, 5.41) is 9.72. The van der Waals surface area contributed by atoms with Gasteiger partial charge in [0.15, 0.2) is 0 Å². The molecule has 0 radical (unpaired) electrons. The molecule has 0 aromatic heterocycles. The van der Waals surface area contributed by atoms with Crippen molar-refractivity contribution in [2.45, 2.75) is 24.9 Å². The molecule has 0 aromatic carbocycles. The zero-order valence-corrected chi connectivity index (χ0v) is 7.21. The predicted octanol–water partition coefficient (Wildman–Crippen LogP) is -0.208. The molecule has 66 valence electrons. The molecule has 3 nitrogen and oxygen atoms in total. The molecule has 0 amide bonds. The van der Waals surface area contributed by atoms with Gasteiger partial charge in [0.25, 0.3) is 0 Å². The van der Waals surface area contributed by atoms with E-state index in [9.17, 15) is 5.11 Å². The highest BCUT2D eigenvalue weighted by molar-refractivity contribution is 4.89. The molecule has 0 aromatic rings. The highest BCUT2D eigenvalue weighted by Crippen LogP contribution is 2.31. The second-order valence-corrected chi connectivity index (χ2v) is 3.60. The van der Waals surface area contributed by atoms with Crippen LogP contribution in [0.5, 0.6) is 0 Å². The molecule has 0 atom stereocenters. The summed E-state index contributed by atoms with van der Waals surface area (Å²) in [4.78, 5) is 2.10. The molecule has 0 aliphatic heterocycles. The Hall–Kier alpha value is -0.120. The van der Waals surface area contributed by atoms with Crippen molar-refractivity contribution in [3.05, 3.63) is 0 Å². The molecule has 1 aliphatic carbocycles. The van der Waals surface area contributed by atoms with Gasteiger partial charge in [0.2, 0.25) is 0 Å². The topological polar surface area (TPSA) is 49.5 Å². The van der Waals surface area contributed by atoms with Crippen LogP contribution >= 0.6 is 0 Å². The molecule has 1 aliphatic rings. The largest absolute Gasteiger partial charge is 0.389 e. The highest BCUT2D eigenvalue weighted by atomic mass is 16.3. The summed E-state index contributed by atoms with van der Waals surface area (Å²) in [5.41, 5.74) is 5.00. The summed E-state index contributed by atoms with van der Waals surface area (Å²) in [7, 11) is 2.00. The lowest BCUT2D eigenvalue weighted by molar-refractivity contribution is -0.0537. The van der Waals surface area contributed by atoms with E-state index in [4.69, 9.17) is 5.73 Å². The Labute approximate surface area is 68.2 Å². The summed E-state index contributed by atoms with van der Waals surface area (Å²) in [6, 6.07) is 0. The van der Waals surface area contributed by atoms with Gasteiger partial charge in [-0.2, -0.15) is 0 Å². The van der Waals surface area contributed by atoms with Crippen molar-refractivity contribution in [1.29, 1.82) is 0 Å². The fraction of sp³-hybridized carbons (Fsp3) is 1.00. The van der Waals surface area contributed by atoms with Gasteiger partial charge in [0, 0.05) is 19.6 Å². The number of hydrogen-bond acceptors (Lipinski definition) is 3. The second-order valence-electron chi connectivity index (χ2n) is 3.60. The van der Waals surface area contributed by atoms with Crippen LogP contribution in [0.25, 0.3) is 0 Å². The normalized spacial score (nSPS) is 21.8. The number of nitrogens with two attached hydrogens (primary N) is 1. The minimum absolute atomic E-state index is 0.385. The van der Waals surface area contributed by atoms with Crippen LogP contribution in [0.1, 0.15) is 19.3 Å². The quantitative estimate of drug-likeness (QED) is 0.595. The average molecular weight is 158 g/mol. The molecule has 0 unspecified atom stereocenters. The third kappa shape index (κ3) is 2.43. The molecule has 0 spiro atoms. The van der Waals surface area contributed by atoms with E-state index in [0.717, 1.165) is 25.9 Å². The van der Waals surface area contributed by atoms with E-state index < -0.39 is 0 Å². The fourth-order valence-corrected chi connectivity index (χ4v) is 1.54. The van der Waals surface area contributed by atoms with Gasteiger partial charge in [-0.25, -0.2) is 0 Å². The Morgan fingerprint density at radius 1 is 1.55 bits per heavy atom. The van der Waals surface area contributed by atoms with Gasteiger partial charge in [-0.05, 0) is 26.3 Å². The zero-order valence-electron chi connectivity index (χ0n) is 7.21. The lowest BCUT2D eigenvalue weighted by atomic mass is 9.80. The van der Waals surface area contributed by atoms with Gasteiger partial charge in [0.1, 0.15) is 0 Å². The van der Waals surface area contributed by atoms with E-state index in [1.54, 1.807) is 0 Å². The summed E-state index contributed by atoms with van der Waals surface area (Å²) in [6.07, 6.45) is 3.09. The lowest BCUT2D eigenvalue weighted by Crippen LogP contribution is -2.47. The molecule has 3 heteroatoms. The van der Waals surface area contributed by atoms with E-state index in [1.807, 2.05) is 7.05 Å². The van der Waals surface area contributed by atoms with E-state index in [0.29, 0.717) is 6.54 Å². The van der Waals surface area contributed by atoms with Crippen molar-refractivity contribution in [2.75, 3.05) is 26.7 Å². The zero-order chi connectivity index (χ0) is 8.32. The van der Waals surface area contributed by atoms with Gasteiger partial charge < -0.3 is 15.7 Å². The highest BCUT2D eigenvalue weighted by Gasteiger charge is 2.34. The van der Waals surface area contributed by atoms with Crippen molar-refractivity contribution in [1.82, 2.24) is 4.90 Å². The van der Waals surface area contributed by atoms with Gasteiger partial charge in [0.05, 0.1) is 5.60 Å². The first-order valence-electron chi connectivity index (χ1n) is 4.27. The van der Waals surface area contributed by atoms with Crippen LogP contribution in [0.15, 0.2) is 0 Å². The van der Waals surface area contributed by atoms with Crippen LogP contribution < -0.4 is 5.73 Å². The standard InChI is InChI=1S/C8H18N2O/c1-10(6-5-9)7-8(11)3-2-4-8/h11H,2-7,9H2,1H3. The molecule has 0 heterocycles. The summed E-state index contributed by atoms with van der Waals surface area (Å²) in [5.74, 6) is 0. The van der Waals surface area contributed by atoms with Crippen LogP contribution in [-0.4, -0.2) is 42.3 Å². The second kappa shape index (κ2) is 3.52. The van der Waals surface area contributed by atoms with E-state index in [1.165, 1.54) is 6.42 Å². The summed E-state index contributed by atoms with van der Waals surface area (Å²) in [6.45, 7) is 2.33. The molecule has 1 saturated carbocycles. The Morgan fingerprint density at radius 2 is 2.18 bits per heavy atom. The molecule has 0 saturated heterocycles. The summed E-state index contributed by atoms with van der Waals surface area (Å²) >= 11 is 0. The van der Waals surface area contributed by atoms with Crippen molar-refractivity contribution in [2.24, 2.45) is 5.73 Å². The van der Waals surface area contributed by atoms with Gasteiger partial charge >= 0.3 is 0 Å². The molecule has 1 fully saturated rings. The van der Waals surface area contributed by atoms with Crippen LogP contribution in [0, 0.1) is 0 Å². The average Bonchev–Trinajstić information content (AvgIpc) is 1.85.